The normalized spacial score (nSPS) is 28.0. The number of carbonyl (C=O) groups is 3. The van der Waals surface area contributed by atoms with Crippen LogP contribution in [0.4, 0.5) is 0 Å². The van der Waals surface area contributed by atoms with Crippen LogP contribution in [0.5, 0.6) is 0 Å². The molecule has 1 heterocycles. The summed E-state index contributed by atoms with van der Waals surface area (Å²) in [5.74, 6) is -2.47. The van der Waals surface area contributed by atoms with E-state index >= 15 is 0 Å². The predicted molar refractivity (Wildman–Crippen MR) is 106 cm³/mol. The largest absolute Gasteiger partial charge is 0.461 e. The Bertz CT molecular complexity index is 787. The number of aliphatic hydroxyl groups excluding tert-OH is 1. The zero-order valence-electron chi connectivity index (χ0n) is 17.3. The van der Waals surface area contributed by atoms with Gasteiger partial charge in [0.25, 0.3) is 0 Å². The van der Waals surface area contributed by atoms with Crippen molar-refractivity contribution in [1.82, 2.24) is 0 Å². The standard InChI is InChI=1S/C22H28O7/c1-6-13(3)21(25)29-20-18-14(4)22(26)28-17(18)10-12(2)8-7-9-16(19(20)24)11-27-15(5)23/h6,9-10,17-20,24H,4,7-8,11H2,1-3,5H3. The molecular formula is C22H28O7. The predicted octanol–water partition coefficient (Wildman–Crippen LogP) is 2.55. The van der Waals surface area contributed by atoms with Crippen LogP contribution in [0.15, 0.2) is 47.1 Å². The topological polar surface area (TPSA) is 99.1 Å². The number of carbonyl (C=O) groups excluding carboxylic acids is 3. The van der Waals surface area contributed by atoms with Gasteiger partial charge in [-0.05, 0) is 45.3 Å². The molecule has 4 atom stereocenters. The lowest BCUT2D eigenvalue weighted by Gasteiger charge is -2.32. The fourth-order valence-electron chi connectivity index (χ4n) is 3.31. The highest BCUT2D eigenvalue weighted by Crippen LogP contribution is 2.36. The van der Waals surface area contributed by atoms with E-state index in [9.17, 15) is 19.5 Å². The monoisotopic (exact) mass is 404 g/mol. The van der Waals surface area contributed by atoms with Gasteiger partial charge in [0.05, 0.1) is 5.92 Å². The van der Waals surface area contributed by atoms with Gasteiger partial charge < -0.3 is 19.3 Å². The summed E-state index contributed by atoms with van der Waals surface area (Å²) in [7, 11) is 0. The second-order valence-electron chi connectivity index (χ2n) is 7.32. The first-order chi connectivity index (χ1) is 13.6. The molecule has 0 saturated carbocycles. The van der Waals surface area contributed by atoms with Crippen molar-refractivity contribution < 1.29 is 33.7 Å². The van der Waals surface area contributed by atoms with Crippen LogP contribution >= 0.6 is 0 Å². The van der Waals surface area contributed by atoms with Gasteiger partial charge in [0.1, 0.15) is 24.9 Å². The quantitative estimate of drug-likeness (QED) is 0.333. The number of allylic oxidation sites excluding steroid dienone is 3. The Morgan fingerprint density at radius 1 is 1.38 bits per heavy atom. The minimum Gasteiger partial charge on any atom is -0.461 e. The van der Waals surface area contributed by atoms with Crippen LogP contribution in [-0.4, -0.2) is 47.9 Å². The molecule has 1 aliphatic heterocycles. The molecule has 1 N–H and O–H groups in total. The molecule has 1 fully saturated rings. The molecule has 7 nitrogen and oxygen atoms in total. The van der Waals surface area contributed by atoms with E-state index in [0.717, 1.165) is 5.57 Å². The molecule has 2 rings (SSSR count). The van der Waals surface area contributed by atoms with Gasteiger partial charge in [0.2, 0.25) is 0 Å². The SMILES string of the molecule is C=C1C(=O)OC2C=C(C)CCC=C(COC(C)=O)C(O)C(OC(=O)C(C)=CC)C12. The summed E-state index contributed by atoms with van der Waals surface area (Å²) in [6.07, 6.45) is 3.29. The summed E-state index contributed by atoms with van der Waals surface area (Å²) < 4.78 is 16.1. The lowest BCUT2D eigenvalue weighted by molar-refractivity contribution is -0.154. The number of rotatable bonds is 4. The van der Waals surface area contributed by atoms with Crippen molar-refractivity contribution in [3.63, 3.8) is 0 Å². The highest BCUT2D eigenvalue weighted by Gasteiger charge is 2.48. The van der Waals surface area contributed by atoms with Crippen molar-refractivity contribution in [2.75, 3.05) is 6.61 Å². The second-order valence-corrected chi connectivity index (χ2v) is 7.32. The lowest BCUT2D eigenvalue weighted by Crippen LogP contribution is -2.43. The van der Waals surface area contributed by atoms with Gasteiger partial charge in [-0.15, -0.1) is 0 Å². The Labute approximate surface area is 170 Å². The van der Waals surface area contributed by atoms with E-state index in [-0.39, 0.29) is 12.2 Å². The number of ether oxygens (including phenoxy) is 3. The maximum Gasteiger partial charge on any atom is 0.334 e. The van der Waals surface area contributed by atoms with Crippen LogP contribution in [0.1, 0.15) is 40.5 Å². The average Bonchev–Trinajstić information content (AvgIpc) is 2.93. The molecule has 0 radical (unpaired) electrons. The maximum absolute atomic E-state index is 12.5. The summed E-state index contributed by atoms with van der Waals surface area (Å²) in [4.78, 5) is 36.0. The van der Waals surface area contributed by atoms with E-state index in [0.29, 0.717) is 24.0 Å². The Kier molecular flexibility index (Phi) is 7.56. The van der Waals surface area contributed by atoms with Crippen LogP contribution in [0.25, 0.3) is 0 Å². The molecule has 7 heteroatoms. The first kappa shape index (κ1) is 22.6. The Hall–Kier alpha value is -2.67. The molecule has 2 aliphatic rings. The van der Waals surface area contributed by atoms with Gasteiger partial charge in [-0.3, -0.25) is 4.79 Å². The molecule has 0 spiro atoms. The van der Waals surface area contributed by atoms with Gasteiger partial charge in [0.15, 0.2) is 0 Å². The van der Waals surface area contributed by atoms with Crippen LogP contribution < -0.4 is 0 Å². The van der Waals surface area contributed by atoms with E-state index in [1.54, 1.807) is 26.0 Å². The third-order valence-corrected chi connectivity index (χ3v) is 5.14. The third kappa shape index (κ3) is 5.44. The van der Waals surface area contributed by atoms with Gasteiger partial charge in [0, 0.05) is 18.1 Å². The number of aliphatic hydroxyl groups is 1. The van der Waals surface area contributed by atoms with Crippen molar-refractivity contribution in [3.05, 3.63) is 47.1 Å². The summed E-state index contributed by atoms with van der Waals surface area (Å²) in [5.41, 5.74) is 1.87. The van der Waals surface area contributed by atoms with E-state index < -0.39 is 42.1 Å². The maximum atomic E-state index is 12.5. The first-order valence-corrected chi connectivity index (χ1v) is 9.57. The van der Waals surface area contributed by atoms with Crippen molar-refractivity contribution >= 4 is 17.9 Å². The molecule has 0 aromatic rings. The first-order valence-electron chi connectivity index (χ1n) is 9.57. The van der Waals surface area contributed by atoms with Crippen molar-refractivity contribution in [3.8, 4) is 0 Å². The highest BCUT2D eigenvalue weighted by molar-refractivity contribution is 5.92. The molecule has 0 aromatic carbocycles. The summed E-state index contributed by atoms with van der Waals surface area (Å²) in [6.45, 7) is 10.1. The van der Waals surface area contributed by atoms with Gasteiger partial charge in [-0.2, -0.15) is 0 Å². The minimum absolute atomic E-state index is 0.126. The van der Waals surface area contributed by atoms with Crippen molar-refractivity contribution in [2.45, 2.75) is 58.8 Å². The molecule has 0 amide bonds. The van der Waals surface area contributed by atoms with E-state index in [4.69, 9.17) is 14.2 Å². The number of hydrogen-bond acceptors (Lipinski definition) is 7. The van der Waals surface area contributed by atoms with Crippen LogP contribution in [0, 0.1) is 5.92 Å². The Morgan fingerprint density at radius 2 is 2.07 bits per heavy atom. The van der Waals surface area contributed by atoms with E-state index in [2.05, 4.69) is 6.58 Å². The minimum atomic E-state index is -1.30. The van der Waals surface area contributed by atoms with Crippen molar-refractivity contribution in [1.29, 1.82) is 0 Å². The van der Waals surface area contributed by atoms with Crippen molar-refractivity contribution in [2.24, 2.45) is 5.92 Å². The number of fused-ring (bicyclic) bond motifs is 1. The Morgan fingerprint density at radius 3 is 2.69 bits per heavy atom. The fraction of sp³-hybridized carbons (Fsp3) is 0.500. The molecule has 29 heavy (non-hydrogen) atoms. The average molecular weight is 404 g/mol. The molecule has 0 aromatic heterocycles. The summed E-state index contributed by atoms with van der Waals surface area (Å²) in [6, 6.07) is 0. The number of esters is 3. The molecule has 1 aliphatic carbocycles. The zero-order valence-corrected chi connectivity index (χ0v) is 17.3. The van der Waals surface area contributed by atoms with Gasteiger partial charge in [-0.1, -0.05) is 24.3 Å². The van der Waals surface area contributed by atoms with Crippen LogP contribution in [0.2, 0.25) is 0 Å². The van der Waals surface area contributed by atoms with Crippen LogP contribution in [-0.2, 0) is 28.6 Å². The lowest BCUT2D eigenvalue weighted by atomic mass is 9.83. The molecule has 4 unspecified atom stereocenters. The summed E-state index contributed by atoms with van der Waals surface area (Å²) in [5, 5.41) is 11.1. The van der Waals surface area contributed by atoms with E-state index in [1.165, 1.54) is 6.92 Å². The zero-order chi connectivity index (χ0) is 21.7. The highest BCUT2D eigenvalue weighted by atomic mass is 16.6. The van der Waals surface area contributed by atoms with E-state index in [1.807, 2.05) is 13.0 Å². The number of hydrogen-bond donors (Lipinski definition) is 1. The fourth-order valence-corrected chi connectivity index (χ4v) is 3.31. The molecule has 158 valence electrons. The third-order valence-electron chi connectivity index (χ3n) is 5.14. The molecule has 0 bridgehead atoms. The smallest absolute Gasteiger partial charge is 0.334 e. The van der Waals surface area contributed by atoms with Gasteiger partial charge >= 0.3 is 17.9 Å². The molecule has 1 saturated heterocycles. The second kappa shape index (κ2) is 9.69. The van der Waals surface area contributed by atoms with Crippen LogP contribution in [0.3, 0.4) is 0 Å². The van der Waals surface area contributed by atoms with Gasteiger partial charge in [-0.25, -0.2) is 9.59 Å². The summed E-state index contributed by atoms with van der Waals surface area (Å²) >= 11 is 0. The molecular weight excluding hydrogens is 376 g/mol. The Balaban J connectivity index is 2.49.